The fraction of sp³-hybridized carbons (Fsp3) is 0.667. The summed E-state index contributed by atoms with van der Waals surface area (Å²) in [7, 11) is 0. The van der Waals surface area contributed by atoms with Gasteiger partial charge in [-0.2, -0.15) is 0 Å². The summed E-state index contributed by atoms with van der Waals surface area (Å²) in [5.74, 6) is 1.54. The van der Waals surface area contributed by atoms with Crippen molar-refractivity contribution in [2.24, 2.45) is 23.5 Å². The molecule has 0 spiro atoms. The van der Waals surface area contributed by atoms with Gasteiger partial charge in [-0.25, -0.2) is 0 Å². The van der Waals surface area contributed by atoms with E-state index in [4.69, 9.17) is 5.73 Å². The molecule has 3 rings (SSSR count). The fourth-order valence-corrected chi connectivity index (χ4v) is 4.61. The highest BCUT2D eigenvalue weighted by atomic mass is 16.2. The quantitative estimate of drug-likeness (QED) is 0.828. The molecule has 0 radical (unpaired) electrons. The molecule has 138 valence electrons. The Bertz CT molecular complexity index is 547. The third-order valence-electron chi connectivity index (χ3n) is 6.07. The summed E-state index contributed by atoms with van der Waals surface area (Å²) in [6.45, 7) is 7.76. The Morgan fingerprint density at radius 2 is 2.04 bits per heavy atom. The molecule has 25 heavy (non-hydrogen) atoms. The number of carbonyl (C=O) groups excluding carboxylic acids is 1. The van der Waals surface area contributed by atoms with Crippen molar-refractivity contribution < 1.29 is 4.79 Å². The normalized spacial score (nSPS) is 26.9. The lowest BCUT2D eigenvalue weighted by atomic mass is 9.94. The van der Waals surface area contributed by atoms with Crippen LogP contribution in [0.25, 0.3) is 0 Å². The van der Waals surface area contributed by atoms with Crippen LogP contribution in [0.5, 0.6) is 0 Å². The third kappa shape index (κ3) is 4.62. The van der Waals surface area contributed by atoms with Crippen LogP contribution in [-0.4, -0.2) is 48.4 Å². The summed E-state index contributed by atoms with van der Waals surface area (Å²) in [5, 5.41) is 0. The van der Waals surface area contributed by atoms with Gasteiger partial charge in [-0.15, -0.1) is 0 Å². The first-order valence-electron chi connectivity index (χ1n) is 9.96. The third-order valence-corrected chi connectivity index (χ3v) is 6.07. The maximum Gasteiger partial charge on any atom is 0.226 e. The number of nitrogens with two attached hydrogens (primary N) is 1. The van der Waals surface area contributed by atoms with Gasteiger partial charge in [0.25, 0.3) is 0 Å². The Morgan fingerprint density at radius 1 is 1.24 bits per heavy atom. The van der Waals surface area contributed by atoms with E-state index in [0.29, 0.717) is 24.3 Å². The number of benzene rings is 1. The maximum atomic E-state index is 13.0. The highest BCUT2D eigenvalue weighted by molar-refractivity contribution is 5.79. The summed E-state index contributed by atoms with van der Waals surface area (Å²) in [4.78, 5) is 17.6. The van der Waals surface area contributed by atoms with E-state index in [1.54, 1.807) is 0 Å². The number of carbonyl (C=O) groups is 1. The zero-order valence-electron chi connectivity index (χ0n) is 15.6. The van der Waals surface area contributed by atoms with Crippen molar-refractivity contribution >= 4 is 5.91 Å². The van der Waals surface area contributed by atoms with Crippen molar-refractivity contribution in [3.63, 3.8) is 0 Å². The molecule has 1 saturated carbocycles. The molecule has 1 heterocycles. The van der Waals surface area contributed by atoms with E-state index < -0.39 is 0 Å². The molecule has 0 aromatic heterocycles. The van der Waals surface area contributed by atoms with Crippen molar-refractivity contribution in [2.45, 2.75) is 39.2 Å². The van der Waals surface area contributed by atoms with Crippen LogP contribution < -0.4 is 5.73 Å². The lowest BCUT2D eigenvalue weighted by Gasteiger charge is -2.29. The molecule has 4 nitrogen and oxygen atoms in total. The largest absolute Gasteiger partial charge is 0.342 e. The Morgan fingerprint density at radius 3 is 2.76 bits per heavy atom. The Balaban J connectivity index is 1.51. The molecule has 1 unspecified atom stereocenters. The molecule has 1 aliphatic heterocycles. The molecule has 1 aromatic carbocycles. The number of hydrogen-bond acceptors (Lipinski definition) is 3. The molecule has 2 aliphatic rings. The van der Waals surface area contributed by atoms with Gasteiger partial charge in [0, 0.05) is 32.1 Å². The van der Waals surface area contributed by atoms with Crippen LogP contribution in [0.15, 0.2) is 30.3 Å². The van der Waals surface area contributed by atoms with E-state index in [0.717, 1.165) is 52.0 Å². The Kier molecular flexibility index (Phi) is 6.49. The Hall–Kier alpha value is -1.39. The molecule has 1 aromatic rings. The second-order valence-electron chi connectivity index (χ2n) is 7.79. The van der Waals surface area contributed by atoms with Crippen LogP contribution >= 0.6 is 0 Å². The second kappa shape index (κ2) is 8.81. The number of hydrogen-bond donors (Lipinski definition) is 1. The van der Waals surface area contributed by atoms with Crippen LogP contribution in [0, 0.1) is 17.8 Å². The smallest absolute Gasteiger partial charge is 0.226 e. The van der Waals surface area contributed by atoms with Gasteiger partial charge in [0.05, 0.1) is 0 Å². The van der Waals surface area contributed by atoms with E-state index >= 15 is 0 Å². The molecule has 0 bridgehead atoms. The highest BCUT2D eigenvalue weighted by Gasteiger charge is 2.35. The molecule has 1 aliphatic carbocycles. The standard InChI is InChI=1S/C21H33N3O/c1-2-24(21(25)20-10-6-9-19(20)13-22)16-18-11-12-23(15-18)14-17-7-4-3-5-8-17/h3-5,7-8,18-20H,2,6,9-16,22H2,1H3/t18?,19-,20-/m1/s1. The van der Waals surface area contributed by atoms with E-state index in [2.05, 4.69) is 47.1 Å². The van der Waals surface area contributed by atoms with Crippen LogP contribution in [0.4, 0.5) is 0 Å². The number of rotatable bonds is 7. The van der Waals surface area contributed by atoms with E-state index in [1.807, 2.05) is 0 Å². The van der Waals surface area contributed by atoms with Crippen LogP contribution in [0.2, 0.25) is 0 Å². The van der Waals surface area contributed by atoms with Gasteiger partial charge in [-0.05, 0) is 56.7 Å². The van der Waals surface area contributed by atoms with Gasteiger partial charge in [0.15, 0.2) is 0 Å². The number of likely N-dealkylation sites (tertiary alicyclic amines) is 1. The fourth-order valence-electron chi connectivity index (χ4n) is 4.61. The first kappa shape index (κ1) is 18.4. The molecule has 2 N–H and O–H groups in total. The highest BCUT2D eigenvalue weighted by Crippen LogP contribution is 2.33. The van der Waals surface area contributed by atoms with Gasteiger partial charge < -0.3 is 10.6 Å². The van der Waals surface area contributed by atoms with Gasteiger partial charge in [-0.1, -0.05) is 36.8 Å². The van der Waals surface area contributed by atoms with Crippen LogP contribution in [-0.2, 0) is 11.3 Å². The zero-order chi connectivity index (χ0) is 17.6. The van der Waals surface area contributed by atoms with E-state index in [-0.39, 0.29) is 5.92 Å². The minimum absolute atomic E-state index is 0.173. The predicted molar refractivity (Wildman–Crippen MR) is 102 cm³/mol. The first-order chi connectivity index (χ1) is 12.2. The predicted octanol–water partition coefficient (Wildman–Crippen LogP) is 2.73. The minimum Gasteiger partial charge on any atom is -0.342 e. The molecule has 2 fully saturated rings. The molecule has 1 amide bonds. The first-order valence-corrected chi connectivity index (χ1v) is 9.96. The monoisotopic (exact) mass is 343 g/mol. The number of amides is 1. The summed E-state index contributed by atoms with van der Waals surface area (Å²) < 4.78 is 0. The summed E-state index contributed by atoms with van der Waals surface area (Å²) in [6.07, 6.45) is 4.51. The molecular formula is C21H33N3O. The van der Waals surface area contributed by atoms with Crippen LogP contribution in [0.1, 0.15) is 38.2 Å². The topological polar surface area (TPSA) is 49.6 Å². The van der Waals surface area contributed by atoms with Gasteiger partial charge >= 0.3 is 0 Å². The lowest BCUT2D eigenvalue weighted by molar-refractivity contribution is -0.137. The minimum atomic E-state index is 0.173. The number of nitrogens with zero attached hydrogens (tertiary/aromatic N) is 2. The van der Waals surface area contributed by atoms with E-state index in [1.165, 1.54) is 12.0 Å². The molecular weight excluding hydrogens is 310 g/mol. The Labute approximate surface area is 152 Å². The van der Waals surface area contributed by atoms with Crippen molar-refractivity contribution in [3.05, 3.63) is 35.9 Å². The zero-order valence-corrected chi connectivity index (χ0v) is 15.6. The summed E-state index contributed by atoms with van der Waals surface area (Å²) in [6, 6.07) is 10.7. The van der Waals surface area contributed by atoms with Gasteiger partial charge in [0.1, 0.15) is 0 Å². The van der Waals surface area contributed by atoms with E-state index in [9.17, 15) is 4.79 Å². The average molecular weight is 344 g/mol. The molecule has 4 heteroatoms. The van der Waals surface area contributed by atoms with Crippen molar-refractivity contribution in [1.29, 1.82) is 0 Å². The van der Waals surface area contributed by atoms with Crippen molar-refractivity contribution in [3.8, 4) is 0 Å². The van der Waals surface area contributed by atoms with Crippen molar-refractivity contribution in [1.82, 2.24) is 9.80 Å². The molecule has 3 atom stereocenters. The second-order valence-corrected chi connectivity index (χ2v) is 7.79. The maximum absolute atomic E-state index is 13.0. The average Bonchev–Trinajstić information content (AvgIpc) is 3.29. The summed E-state index contributed by atoms with van der Waals surface area (Å²) >= 11 is 0. The van der Waals surface area contributed by atoms with Crippen molar-refractivity contribution in [2.75, 3.05) is 32.7 Å². The molecule has 1 saturated heterocycles. The summed E-state index contributed by atoms with van der Waals surface area (Å²) in [5.41, 5.74) is 7.26. The van der Waals surface area contributed by atoms with Crippen LogP contribution in [0.3, 0.4) is 0 Å². The van der Waals surface area contributed by atoms with Gasteiger partial charge in [-0.3, -0.25) is 9.69 Å². The lowest BCUT2D eigenvalue weighted by Crippen LogP contribution is -2.42. The van der Waals surface area contributed by atoms with Gasteiger partial charge in [0.2, 0.25) is 5.91 Å². The SMILES string of the molecule is CCN(CC1CCN(Cc2ccccc2)C1)C(=O)[C@@H]1CCC[C@@H]1CN.